The number of nitrogen functional groups attached to an aromatic ring is 1. The molecule has 126 valence electrons. The van der Waals surface area contributed by atoms with E-state index >= 15 is 0 Å². The van der Waals surface area contributed by atoms with Gasteiger partial charge in [-0.05, 0) is 24.6 Å². The van der Waals surface area contributed by atoms with Crippen LogP contribution in [0.25, 0.3) is 33.1 Å². The third-order valence-electron chi connectivity index (χ3n) is 4.15. The number of aromatic nitrogens is 5. The summed E-state index contributed by atoms with van der Waals surface area (Å²) in [6.07, 6.45) is 4.54. The van der Waals surface area contributed by atoms with Gasteiger partial charge in [-0.1, -0.05) is 6.07 Å². The molecule has 0 fully saturated rings. The molecule has 0 radical (unpaired) electrons. The number of nitrogens with one attached hydrogen (secondary N) is 1. The monoisotopic (exact) mass is 335 g/mol. The number of nitrogens with zero attached hydrogens (tertiary/aromatic N) is 4. The third-order valence-corrected chi connectivity index (χ3v) is 4.15. The quantitative estimate of drug-likeness (QED) is 0.512. The van der Waals surface area contributed by atoms with Crippen LogP contribution < -0.4 is 11.5 Å². The number of rotatable bonds is 5. The van der Waals surface area contributed by atoms with Crippen molar-refractivity contribution in [2.75, 3.05) is 5.73 Å². The van der Waals surface area contributed by atoms with Gasteiger partial charge in [-0.3, -0.25) is 14.6 Å². The fourth-order valence-electron chi connectivity index (χ4n) is 2.94. The van der Waals surface area contributed by atoms with E-state index in [2.05, 4.69) is 20.3 Å². The SMILES string of the molecule is NC(=O)CCCn1cc2c(N)nc3cc(-c4ccn[nH]4)ccc3c2n1. The molecule has 0 spiro atoms. The number of hydrogen-bond donors (Lipinski definition) is 3. The van der Waals surface area contributed by atoms with E-state index in [9.17, 15) is 4.79 Å². The molecule has 0 atom stereocenters. The van der Waals surface area contributed by atoms with E-state index in [0.717, 1.165) is 33.1 Å². The second-order valence-corrected chi connectivity index (χ2v) is 5.92. The summed E-state index contributed by atoms with van der Waals surface area (Å²) in [6.45, 7) is 0.602. The molecule has 0 saturated carbocycles. The van der Waals surface area contributed by atoms with Gasteiger partial charge >= 0.3 is 0 Å². The van der Waals surface area contributed by atoms with Crippen LogP contribution in [0.1, 0.15) is 12.8 Å². The number of amides is 1. The smallest absolute Gasteiger partial charge is 0.217 e. The van der Waals surface area contributed by atoms with Crippen molar-refractivity contribution in [2.45, 2.75) is 19.4 Å². The number of fused-ring (bicyclic) bond motifs is 3. The number of anilines is 1. The number of H-pyrrole nitrogens is 1. The minimum Gasteiger partial charge on any atom is -0.383 e. The minimum atomic E-state index is -0.310. The van der Waals surface area contributed by atoms with Gasteiger partial charge in [-0.2, -0.15) is 10.2 Å². The predicted octanol–water partition coefficient (Wildman–Crippen LogP) is 1.82. The molecule has 4 rings (SSSR count). The normalized spacial score (nSPS) is 11.4. The van der Waals surface area contributed by atoms with Gasteiger partial charge in [0.25, 0.3) is 0 Å². The lowest BCUT2D eigenvalue weighted by molar-refractivity contribution is -0.118. The van der Waals surface area contributed by atoms with Crippen LogP contribution in [-0.2, 0) is 11.3 Å². The molecule has 8 heteroatoms. The first-order valence-electron chi connectivity index (χ1n) is 7.96. The van der Waals surface area contributed by atoms with Gasteiger partial charge in [-0.25, -0.2) is 4.98 Å². The Morgan fingerprint density at radius 1 is 1.24 bits per heavy atom. The number of benzene rings is 1. The lowest BCUT2D eigenvalue weighted by atomic mass is 10.1. The first kappa shape index (κ1) is 15.1. The summed E-state index contributed by atoms with van der Waals surface area (Å²) in [5.74, 6) is 0.125. The van der Waals surface area contributed by atoms with E-state index in [1.165, 1.54) is 0 Å². The standard InChI is InChI=1S/C17H17N7O/c18-15(25)2-1-7-24-9-12-16(23-24)11-4-3-10(13-5-6-20-22-13)8-14(11)21-17(12)19/h3-6,8-9H,1-2,7H2,(H2,18,25)(H2,19,21)(H,20,22). The van der Waals surface area contributed by atoms with Crippen LogP contribution in [0.15, 0.2) is 36.7 Å². The molecule has 1 aromatic carbocycles. The Labute approximate surface area is 142 Å². The lowest BCUT2D eigenvalue weighted by Gasteiger charge is -2.03. The van der Waals surface area contributed by atoms with Gasteiger partial charge in [0, 0.05) is 36.3 Å². The van der Waals surface area contributed by atoms with E-state index in [4.69, 9.17) is 11.5 Å². The van der Waals surface area contributed by atoms with Crippen molar-refractivity contribution in [3.63, 3.8) is 0 Å². The third kappa shape index (κ3) is 2.78. The second-order valence-electron chi connectivity index (χ2n) is 5.92. The van der Waals surface area contributed by atoms with E-state index in [-0.39, 0.29) is 5.91 Å². The van der Waals surface area contributed by atoms with Crippen LogP contribution in [0.3, 0.4) is 0 Å². The number of aryl methyl sites for hydroxylation is 1. The number of hydrogen-bond acceptors (Lipinski definition) is 5. The Bertz CT molecular complexity index is 1070. The molecule has 3 heterocycles. The van der Waals surface area contributed by atoms with Crippen molar-refractivity contribution in [1.29, 1.82) is 0 Å². The first-order valence-corrected chi connectivity index (χ1v) is 7.96. The average Bonchev–Trinajstić information content (AvgIpc) is 3.24. The molecule has 1 amide bonds. The van der Waals surface area contributed by atoms with E-state index in [0.29, 0.717) is 25.2 Å². The summed E-state index contributed by atoms with van der Waals surface area (Å²) >= 11 is 0. The van der Waals surface area contributed by atoms with Gasteiger partial charge in [0.05, 0.1) is 16.6 Å². The second kappa shape index (κ2) is 5.90. The highest BCUT2D eigenvalue weighted by Crippen LogP contribution is 2.29. The first-order chi connectivity index (χ1) is 12.1. The van der Waals surface area contributed by atoms with Crippen molar-refractivity contribution >= 4 is 33.5 Å². The Kier molecular flexibility index (Phi) is 3.57. The van der Waals surface area contributed by atoms with Gasteiger partial charge in [-0.15, -0.1) is 0 Å². The van der Waals surface area contributed by atoms with Crippen LogP contribution in [0.5, 0.6) is 0 Å². The van der Waals surface area contributed by atoms with Crippen molar-refractivity contribution in [1.82, 2.24) is 25.0 Å². The fourth-order valence-corrected chi connectivity index (χ4v) is 2.94. The zero-order valence-corrected chi connectivity index (χ0v) is 13.4. The average molecular weight is 335 g/mol. The largest absolute Gasteiger partial charge is 0.383 e. The Hall–Kier alpha value is -3.42. The van der Waals surface area contributed by atoms with Gasteiger partial charge in [0.1, 0.15) is 11.3 Å². The molecule has 0 bridgehead atoms. The molecule has 0 aliphatic rings. The predicted molar refractivity (Wildman–Crippen MR) is 95.5 cm³/mol. The zero-order valence-electron chi connectivity index (χ0n) is 13.4. The number of nitrogens with two attached hydrogens (primary N) is 2. The number of aromatic amines is 1. The topological polar surface area (TPSA) is 128 Å². The summed E-state index contributed by atoms with van der Waals surface area (Å²) in [5, 5.41) is 13.3. The van der Waals surface area contributed by atoms with Gasteiger partial charge < -0.3 is 11.5 Å². The van der Waals surface area contributed by atoms with Crippen molar-refractivity contribution in [3.05, 3.63) is 36.7 Å². The molecular formula is C17H17N7O. The Morgan fingerprint density at radius 3 is 2.88 bits per heavy atom. The van der Waals surface area contributed by atoms with E-state index < -0.39 is 0 Å². The molecule has 8 nitrogen and oxygen atoms in total. The number of primary amides is 1. The van der Waals surface area contributed by atoms with Crippen LogP contribution in [-0.4, -0.2) is 30.9 Å². The summed E-state index contributed by atoms with van der Waals surface area (Å²) < 4.78 is 1.79. The summed E-state index contributed by atoms with van der Waals surface area (Å²) in [7, 11) is 0. The number of carbonyl (C=O) groups excluding carboxylic acids is 1. The maximum atomic E-state index is 10.9. The summed E-state index contributed by atoms with van der Waals surface area (Å²) in [6, 6.07) is 7.85. The Balaban J connectivity index is 1.77. The summed E-state index contributed by atoms with van der Waals surface area (Å²) in [4.78, 5) is 15.4. The molecule has 0 aliphatic heterocycles. The van der Waals surface area contributed by atoms with Gasteiger partial charge in [0.15, 0.2) is 0 Å². The highest BCUT2D eigenvalue weighted by molar-refractivity contribution is 6.08. The molecule has 0 unspecified atom stereocenters. The molecule has 5 N–H and O–H groups in total. The maximum Gasteiger partial charge on any atom is 0.217 e. The van der Waals surface area contributed by atoms with Crippen LogP contribution in [0.4, 0.5) is 5.82 Å². The molecule has 25 heavy (non-hydrogen) atoms. The van der Waals surface area contributed by atoms with Crippen LogP contribution >= 0.6 is 0 Å². The molecule has 4 aromatic rings. The van der Waals surface area contributed by atoms with Crippen molar-refractivity contribution in [2.24, 2.45) is 5.73 Å². The number of carbonyl (C=O) groups is 1. The van der Waals surface area contributed by atoms with Crippen molar-refractivity contribution in [3.8, 4) is 11.3 Å². The zero-order chi connectivity index (χ0) is 17.4. The van der Waals surface area contributed by atoms with E-state index in [1.807, 2.05) is 30.5 Å². The summed E-state index contributed by atoms with van der Waals surface area (Å²) in [5.41, 5.74) is 14.8. The molecule has 0 aliphatic carbocycles. The highest BCUT2D eigenvalue weighted by Gasteiger charge is 2.12. The number of pyridine rings is 1. The van der Waals surface area contributed by atoms with E-state index in [1.54, 1.807) is 10.9 Å². The maximum absolute atomic E-state index is 10.9. The Morgan fingerprint density at radius 2 is 2.12 bits per heavy atom. The van der Waals surface area contributed by atoms with Crippen LogP contribution in [0, 0.1) is 0 Å². The minimum absolute atomic E-state index is 0.310. The highest BCUT2D eigenvalue weighted by atomic mass is 16.1. The van der Waals surface area contributed by atoms with Crippen LogP contribution in [0.2, 0.25) is 0 Å². The van der Waals surface area contributed by atoms with Crippen molar-refractivity contribution < 1.29 is 4.79 Å². The fraction of sp³-hybridized carbons (Fsp3) is 0.176. The lowest BCUT2D eigenvalue weighted by Crippen LogP contribution is -2.11. The molecule has 3 aromatic heterocycles. The molecular weight excluding hydrogens is 318 g/mol. The van der Waals surface area contributed by atoms with Gasteiger partial charge in [0.2, 0.25) is 5.91 Å². The molecule has 0 saturated heterocycles.